The van der Waals surface area contributed by atoms with Gasteiger partial charge in [-0.2, -0.15) is 0 Å². The quantitative estimate of drug-likeness (QED) is 0.455. The molecule has 0 aliphatic rings. The molecule has 0 N–H and O–H groups in total. The summed E-state index contributed by atoms with van der Waals surface area (Å²) in [5.41, 5.74) is 0.135. The lowest BCUT2D eigenvalue weighted by Gasteiger charge is -2.27. The lowest BCUT2D eigenvalue weighted by molar-refractivity contribution is 0.299. The molecule has 114 valence electrons. The molecule has 1 unspecified atom stereocenters. The molecule has 20 heavy (non-hydrogen) atoms. The van der Waals surface area contributed by atoms with Gasteiger partial charge in [0.25, 0.3) is 0 Å². The van der Waals surface area contributed by atoms with E-state index in [-0.39, 0.29) is 5.41 Å². The highest BCUT2D eigenvalue weighted by molar-refractivity contribution is 5.34. The molecule has 0 aromatic carbocycles. The zero-order valence-corrected chi connectivity index (χ0v) is 13.6. The van der Waals surface area contributed by atoms with Gasteiger partial charge in [0.05, 0.1) is 6.20 Å². The third kappa shape index (κ3) is 5.15. The molecule has 0 fully saturated rings. The minimum absolute atomic E-state index is 0.135. The van der Waals surface area contributed by atoms with E-state index in [2.05, 4.69) is 32.3 Å². The second-order valence-electron chi connectivity index (χ2n) is 6.10. The molecule has 0 saturated heterocycles. The van der Waals surface area contributed by atoms with Crippen molar-refractivity contribution in [1.29, 1.82) is 0 Å². The Hall–Kier alpha value is -1.05. The lowest BCUT2D eigenvalue weighted by atomic mass is 9.78. The molecule has 0 spiro atoms. The van der Waals surface area contributed by atoms with E-state index in [1.807, 2.05) is 6.20 Å². The van der Waals surface area contributed by atoms with Crippen LogP contribution in [0, 0.1) is 0 Å². The number of hydrogen-bond acceptors (Lipinski definition) is 2. The van der Waals surface area contributed by atoms with Crippen molar-refractivity contribution in [1.82, 2.24) is 4.98 Å². The number of nitrogens with zero attached hydrogens (tertiary/aromatic N) is 1. The first-order valence-electron chi connectivity index (χ1n) is 8.25. The molecule has 0 aliphatic heterocycles. The summed E-state index contributed by atoms with van der Waals surface area (Å²) in [6, 6.07) is 0. The summed E-state index contributed by atoms with van der Waals surface area (Å²) in [7, 11) is 0. The number of hydrogen-bond donors (Lipinski definition) is 0. The second-order valence-corrected chi connectivity index (χ2v) is 6.10. The molecule has 2 nitrogen and oxygen atoms in total. The summed E-state index contributed by atoms with van der Waals surface area (Å²) in [5.74, 6) is 1.69. The van der Waals surface area contributed by atoms with Crippen LogP contribution in [0.15, 0.2) is 17.2 Å². The SMILES string of the molecule is C=Cc1ncc(C(C)(CCCC)CCCCCCC)o1. The van der Waals surface area contributed by atoms with E-state index in [1.54, 1.807) is 6.08 Å². The number of unbranched alkanes of at least 4 members (excludes halogenated alkanes) is 5. The number of oxazole rings is 1. The van der Waals surface area contributed by atoms with Crippen molar-refractivity contribution in [3.8, 4) is 0 Å². The minimum Gasteiger partial charge on any atom is -0.441 e. The average Bonchev–Trinajstić information content (AvgIpc) is 2.94. The van der Waals surface area contributed by atoms with Crippen LogP contribution < -0.4 is 0 Å². The van der Waals surface area contributed by atoms with Gasteiger partial charge in [0.15, 0.2) is 0 Å². The highest BCUT2D eigenvalue weighted by atomic mass is 16.4. The fourth-order valence-electron chi connectivity index (χ4n) is 2.72. The van der Waals surface area contributed by atoms with E-state index in [4.69, 9.17) is 4.42 Å². The van der Waals surface area contributed by atoms with Gasteiger partial charge in [-0.1, -0.05) is 72.3 Å². The van der Waals surface area contributed by atoms with E-state index >= 15 is 0 Å². The lowest BCUT2D eigenvalue weighted by Crippen LogP contribution is -2.21. The maximum absolute atomic E-state index is 5.84. The van der Waals surface area contributed by atoms with Crippen molar-refractivity contribution in [3.05, 3.63) is 24.4 Å². The standard InChI is InChI=1S/C18H31NO/c1-5-8-10-11-12-14-18(4,13-9-6-2)16-15-19-17(7-3)20-16/h7,15H,3,5-6,8-14H2,1-2,4H3. The van der Waals surface area contributed by atoms with Crippen LogP contribution in [0.2, 0.25) is 0 Å². The monoisotopic (exact) mass is 277 g/mol. The summed E-state index contributed by atoms with van der Waals surface area (Å²) < 4.78 is 5.84. The van der Waals surface area contributed by atoms with Gasteiger partial charge in [-0.15, -0.1) is 0 Å². The first-order chi connectivity index (χ1) is 9.66. The van der Waals surface area contributed by atoms with Gasteiger partial charge in [0.1, 0.15) is 5.76 Å². The molecule has 0 amide bonds. The Morgan fingerprint density at radius 1 is 1.10 bits per heavy atom. The van der Waals surface area contributed by atoms with Crippen LogP contribution >= 0.6 is 0 Å². The summed E-state index contributed by atoms with van der Waals surface area (Å²) in [6.07, 6.45) is 15.1. The van der Waals surface area contributed by atoms with E-state index in [0.29, 0.717) is 5.89 Å². The zero-order chi connectivity index (χ0) is 14.8. The molecular formula is C18H31NO. The maximum atomic E-state index is 5.84. The molecule has 1 atom stereocenters. The van der Waals surface area contributed by atoms with Crippen molar-refractivity contribution in [2.24, 2.45) is 0 Å². The van der Waals surface area contributed by atoms with Crippen molar-refractivity contribution >= 4 is 6.08 Å². The maximum Gasteiger partial charge on any atom is 0.218 e. The van der Waals surface area contributed by atoms with Crippen LogP contribution in [0.25, 0.3) is 6.08 Å². The Labute approximate surface area is 124 Å². The van der Waals surface area contributed by atoms with E-state index in [0.717, 1.165) is 5.76 Å². The molecule has 0 bridgehead atoms. The summed E-state index contributed by atoms with van der Waals surface area (Å²) in [4.78, 5) is 4.28. The van der Waals surface area contributed by atoms with Crippen LogP contribution in [0.1, 0.15) is 90.2 Å². The number of aromatic nitrogens is 1. The fraction of sp³-hybridized carbons (Fsp3) is 0.722. The smallest absolute Gasteiger partial charge is 0.218 e. The normalized spacial score (nSPS) is 14.2. The first-order valence-corrected chi connectivity index (χ1v) is 8.25. The van der Waals surface area contributed by atoms with Gasteiger partial charge >= 0.3 is 0 Å². The van der Waals surface area contributed by atoms with Crippen LogP contribution in [-0.2, 0) is 5.41 Å². The van der Waals surface area contributed by atoms with Gasteiger partial charge < -0.3 is 4.42 Å². The van der Waals surface area contributed by atoms with Gasteiger partial charge in [0, 0.05) is 5.41 Å². The third-order valence-corrected chi connectivity index (χ3v) is 4.21. The molecule has 1 rings (SSSR count). The summed E-state index contributed by atoms with van der Waals surface area (Å²) in [5, 5.41) is 0. The third-order valence-electron chi connectivity index (χ3n) is 4.21. The topological polar surface area (TPSA) is 26.0 Å². The van der Waals surface area contributed by atoms with Crippen molar-refractivity contribution < 1.29 is 4.42 Å². The molecular weight excluding hydrogens is 246 g/mol. The summed E-state index contributed by atoms with van der Waals surface area (Å²) >= 11 is 0. The van der Waals surface area contributed by atoms with Gasteiger partial charge in [-0.3, -0.25) is 0 Å². The predicted octanol–water partition coefficient (Wildman–Crippen LogP) is 6.13. The Kier molecular flexibility index (Phi) is 7.64. The molecule has 2 heteroatoms. The van der Waals surface area contributed by atoms with Crippen LogP contribution in [0.4, 0.5) is 0 Å². The number of rotatable bonds is 11. The second kappa shape index (κ2) is 8.99. The molecule has 0 saturated carbocycles. The van der Waals surface area contributed by atoms with Crippen LogP contribution in [0.5, 0.6) is 0 Å². The van der Waals surface area contributed by atoms with Crippen molar-refractivity contribution in [2.45, 2.75) is 84.0 Å². The first kappa shape index (κ1) is 17.0. The fourth-order valence-corrected chi connectivity index (χ4v) is 2.72. The Balaban J connectivity index is 2.62. The largest absolute Gasteiger partial charge is 0.441 e. The molecule has 1 heterocycles. The van der Waals surface area contributed by atoms with Crippen LogP contribution in [-0.4, -0.2) is 4.98 Å². The van der Waals surface area contributed by atoms with Crippen molar-refractivity contribution in [3.63, 3.8) is 0 Å². The Morgan fingerprint density at radius 2 is 1.75 bits per heavy atom. The summed E-state index contributed by atoms with van der Waals surface area (Å²) in [6.45, 7) is 10.6. The van der Waals surface area contributed by atoms with E-state index in [1.165, 1.54) is 57.8 Å². The minimum atomic E-state index is 0.135. The molecule has 1 aromatic heterocycles. The Bertz CT molecular complexity index is 383. The highest BCUT2D eigenvalue weighted by Gasteiger charge is 2.29. The van der Waals surface area contributed by atoms with Gasteiger partial charge in [-0.05, 0) is 18.9 Å². The zero-order valence-electron chi connectivity index (χ0n) is 13.6. The van der Waals surface area contributed by atoms with Crippen molar-refractivity contribution in [2.75, 3.05) is 0 Å². The van der Waals surface area contributed by atoms with Gasteiger partial charge in [-0.25, -0.2) is 4.98 Å². The van der Waals surface area contributed by atoms with E-state index < -0.39 is 0 Å². The van der Waals surface area contributed by atoms with Gasteiger partial charge in [0.2, 0.25) is 5.89 Å². The van der Waals surface area contributed by atoms with Crippen LogP contribution in [0.3, 0.4) is 0 Å². The highest BCUT2D eigenvalue weighted by Crippen LogP contribution is 2.35. The Morgan fingerprint density at radius 3 is 2.35 bits per heavy atom. The van der Waals surface area contributed by atoms with E-state index in [9.17, 15) is 0 Å². The molecule has 0 radical (unpaired) electrons. The predicted molar refractivity (Wildman–Crippen MR) is 86.8 cm³/mol. The molecule has 1 aromatic rings. The molecule has 0 aliphatic carbocycles. The average molecular weight is 277 g/mol.